The lowest BCUT2D eigenvalue weighted by Crippen LogP contribution is -3.10. The first-order valence-electron chi connectivity index (χ1n) is 9.38. The van der Waals surface area contributed by atoms with Crippen molar-refractivity contribution in [2.24, 2.45) is 0 Å². The van der Waals surface area contributed by atoms with Crippen molar-refractivity contribution in [2.45, 2.75) is 33.2 Å². The van der Waals surface area contributed by atoms with Gasteiger partial charge in [-0.15, -0.1) is 0 Å². The summed E-state index contributed by atoms with van der Waals surface area (Å²) in [5.74, 6) is -1.00. The van der Waals surface area contributed by atoms with Crippen LogP contribution in [0.5, 0.6) is 5.75 Å². The van der Waals surface area contributed by atoms with Gasteiger partial charge in [-0.2, -0.15) is 0 Å². The van der Waals surface area contributed by atoms with Crippen LogP contribution in [0.15, 0.2) is 29.2 Å². The molecule has 2 N–H and O–H groups in total. The van der Waals surface area contributed by atoms with Crippen LogP contribution in [-0.2, 0) is 13.0 Å². The Morgan fingerprint density at radius 2 is 1.93 bits per heavy atom. The number of carbonyl (C=O) groups excluding carboxylic acids is 1. The minimum atomic E-state index is -0.620. The first-order valence-corrected chi connectivity index (χ1v) is 11.0. The topological polar surface area (TPSA) is 76.1 Å². The number of hydrogen-bond donors (Lipinski definition) is 2. The molecule has 2 aromatic heterocycles. The average Bonchev–Trinajstić information content (AvgIpc) is 3.12. The smallest absolute Gasteiger partial charge is 0.301 e. The standard InChI is InChI=1S/C20H21Cl2N3O3S.ClH/c1-3-24(4-2)10-13-11-25-19(28)18(27)17(23-20(25)29-13)16(26)8-6-12-5-7-14(21)15(22)9-12;/h5,7,9,11,27H,3-4,6,8,10H2,1-2H3;1H. The molecule has 3 aromatic rings. The number of halogens is 3. The van der Waals surface area contributed by atoms with E-state index in [1.807, 2.05) is 0 Å². The molecular weight excluding hydrogens is 469 g/mol. The summed E-state index contributed by atoms with van der Waals surface area (Å²) in [6, 6.07) is 5.15. The molecular formula is C20H22Cl3N3O3S. The number of ketones is 1. The van der Waals surface area contributed by atoms with E-state index < -0.39 is 17.1 Å². The summed E-state index contributed by atoms with van der Waals surface area (Å²) < 4.78 is 1.31. The van der Waals surface area contributed by atoms with Gasteiger partial charge >= 0.3 is 5.56 Å². The van der Waals surface area contributed by atoms with Gasteiger partial charge in [0.15, 0.2) is 16.4 Å². The molecule has 30 heavy (non-hydrogen) atoms. The third-order valence-corrected chi connectivity index (χ3v) is 6.59. The van der Waals surface area contributed by atoms with Crippen molar-refractivity contribution < 1.29 is 27.2 Å². The summed E-state index contributed by atoms with van der Waals surface area (Å²) >= 11 is 13.3. The molecule has 0 unspecified atom stereocenters. The number of aromatic nitrogens is 2. The van der Waals surface area contributed by atoms with Crippen molar-refractivity contribution in [2.75, 3.05) is 13.1 Å². The number of Topliss-reactive ketones (excluding diaryl/α,β-unsaturated/α-hetero) is 1. The van der Waals surface area contributed by atoms with Gasteiger partial charge in [0, 0.05) is 12.6 Å². The van der Waals surface area contributed by atoms with Crippen LogP contribution in [0.2, 0.25) is 10.0 Å². The number of aryl methyl sites for hydroxylation is 1. The summed E-state index contributed by atoms with van der Waals surface area (Å²) in [7, 11) is 0. The van der Waals surface area contributed by atoms with Crippen LogP contribution in [-0.4, -0.2) is 33.4 Å². The Labute approximate surface area is 194 Å². The Kier molecular flexibility index (Phi) is 8.70. The van der Waals surface area contributed by atoms with E-state index in [9.17, 15) is 14.7 Å². The highest BCUT2D eigenvalue weighted by atomic mass is 35.5. The van der Waals surface area contributed by atoms with Crippen molar-refractivity contribution in [3.63, 3.8) is 0 Å². The highest BCUT2D eigenvalue weighted by molar-refractivity contribution is 7.17. The Bertz CT molecular complexity index is 1110. The number of nitrogens with one attached hydrogen (secondary N) is 1. The lowest BCUT2D eigenvalue weighted by atomic mass is 10.1. The predicted molar refractivity (Wildman–Crippen MR) is 116 cm³/mol. The van der Waals surface area contributed by atoms with Crippen LogP contribution in [0.1, 0.15) is 41.2 Å². The maximum absolute atomic E-state index is 12.6. The molecule has 6 nitrogen and oxygen atoms in total. The molecule has 0 fully saturated rings. The number of benzene rings is 1. The summed E-state index contributed by atoms with van der Waals surface area (Å²) in [5.41, 5.74) is 0.0363. The summed E-state index contributed by atoms with van der Waals surface area (Å²) in [5, 5.41) is 11.1. The second-order valence-electron chi connectivity index (χ2n) is 6.77. The minimum Gasteiger partial charge on any atom is -1.00 e. The van der Waals surface area contributed by atoms with Crippen molar-refractivity contribution in [1.82, 2.24) is 9.38 Å². The molecule has 2 heterocycles. The molecule has 0 bridgehead atoms. The van der Waals surface area contributed by atoms with E-state index in [1.54, 1.807) is 24.4 Å². The van der Waals surface area contributed by atoms with E-state index >= 15 is 0 Å². The Morgan fingerprint density at radius 1 is 1.23 bits per heavy atom. The molecule has 3 rings (SSSR count). The lowest BCUT2D eigenvalue weighted by molar-refractivity contribution is -0.910. The fourth-order valence-electron chi connectivity index (χ4n) is 3.07. The summed E-state index contributed by atoms with van der Waals surface area (Å²) in [4.78, 5) is 32.2. The quantitative estimate of drug-likeness (QED) is 0.436. The Morgan fingerprint density at radius 3 is 2.57 bits per heavy atom. The Hall–Kier alpha value is -1.64. The SMILES string of the molecule is CC[NH+](CC)Cc1cn2c(=O)c(O)c(C(=O)CCc3ccc(Cl)c(Cl)c3)nc2s1.[Cl-]. The molecule has 0 amide bonds. The predicted octanol–water partition coefficient (Wildman–Crippen LogP) is 0.0126. The number of hydrogen-bond acceptors (Lipinski definition) is 5. The summed E-state index contributed by atoms with van der Waals surface area (Å²) in [6.45, 7) is 6.91. The zero-order valence-corrected chi connectivity index (χ0v) is 19.6. The largest absolute Gasteiger partial charge is 1.00 e. The van der Waals surface area contributed by atoms with Gasteiger partial charge in [-0.1, -0.05) is 40.6 Å². The zero-order valence-electron chi connectivity index (χ0n) is 16.5. The van der Waals surface area contributed by atoms with E-state index in [1.165, 1.54) is 20.6 Å². The number of thiazole rings is 1. The molecule has 10 heteroatoms. The number of nitrogens with zero attached hydrogens (tertiary/aromatic N) is 2. The second kappa shape index (κ2) is 10.6. The van der Waals surface area contributed by atoms with Crippen LogP contribution < -0.4 is 22.9 Å². The number of quaternary nitrogens is 1. The molecule has 0 aliphatic heterocycles. The zero-order chi connectivity index (χ0) is 21.1. The summed E-state index contributed by atoms with van der Waals surface area (Å²) in [6.07, 6.45) is 2.19. The van der Waals surface area contributed by atoms with E-state index in [0.717, 1.165) is 30.1 Å². The second-order valence-corrected chi connectivity index (χ2v) is 8.68. The van der Waals surface area contributed by atoms with Crippen LogP contribution in [0.4, 0.5) is 0 Å². The average molecular weight is 491 g/mol. The van der Waals surface area contributed by atoms with Gasteiger partial charge in [0.2, 0.25) is 5.75 Å². The van der Waals surface area contributed by atoms with Crippen LogP contribution in [0, 0.1) is 0 Å². The monoisotopic (exact) mass is 489 g/mol. The van der Waals surface area contributed by atoms with E-state index in [2.05, 4.69) is 18.8 Å². The third kappa shape index (κ3) is 5.34. The minimum absolute atomic E-state index is 0. The van der Waals surface area contributed by atoms with E-state index in [0.29, 0.717) is 21.4 Å². The molecule has 0 aliphatic rings. The van der Waals surface area contributed by atoms with E-state index in [-0.39, 0.29) is 24.5 Å². The first-order chi connectivity index (χ1) is 13.8. The first kappa shape index (κ1) is 24.6. The van der Waals surface area contributed by atoms with Gasteiger partial charge in [-0.05, 0) is 38.0 Å². The van der Waals surface area contributed by atoms with Gasteiger partial charge in [0.25, 0.3) is 0 Å². The van der Waals surface area contributed by atoms with Gasteiger partial charge in [-0.3, -0.25) is 14.0 Å². The van der Waals surface area contributed by atoms with E-state index in [4.69, 9.17) is 23.2 Å². The molecule has 162 valence electrons. The van der Waals surface area contributed by atoms with Crippen molar-refractivity contribution in [1.29, 1.82) is 0 Å². The number of carbonyl (C=O) groups is 1. The van der Waals surface area contributed by atoms with Crippen LogP contribution in [0.3, 0.4) is 0 Å². The van der Waals surface area contributed by atoms with Gasteiger partial charge < -0.3 is 22.4 Å². The van der Waals surface area contributed by atoms with Gasteiger partial charge in [0.1, 0.15) is 6.54 Å². The van der Waals surface area contributed by atoms with Gasteiger partial charge in [-0.25, -0.2) is 4.98 Å². The fraction of sp³-hybridized carbons (Fsp3) is 0.350. The molecule has 0 atom stereocenters. The fourth-order valence-corrected chi connectivity index (χ4v) is 4.43. The van der Waals surface area contributed by atoms with Crippen LogP contribution >= 0.6 is 34.5 Å². The van der Waals surface area contributed by atoms with Crippen molar-refractivity contribution in [3.05, 3.63) is 60.9 Å². The molecule has 0 aliphatic carbocycles. The molecule has 1 aromatic carbocycles. The number of fused-ring (bicyclic) bond motifs is 1. The number of aromatic hydroxyl groups is 1. The molecule has 0 radical (unpaired) electrons. The number of rotatable bonds is 8. The van der Waals surface area contributed by atoms with Crippen LogP contribution in [0.25, 0.3) is 4.96 Å². The maximum Gasteiger partial charge on any atom is 0.301 e. The van der Waals surface area contributed by atoms with Crippen molar-refractivity contribution >= 4 is 45.3 Å². The van der Waals surface area contributed by atoms with Gasteiger partial charge in [0.05, 0.1) is 28.0 Å². The van der Waals surface area contributed by atoms with Crippen molar-refractivity contribution in [3.8, 4) is 5.75 Å². The molecule has 0 spiro atoms. The maximum atomic E-state index is 12.6. The third-order valence-electron chi connectivity index (χ3n) is 4.87. The lowest BCUT2D eigenvalue weighted by Gasteiger charge is -2.13. The normalized spacial score (nSPS) is 11.1. The Balaban J connectivity index is 0.00000320. The highest BCUT2D eigenvalue weighted by Gasteiger charge is 2.20. The molecule has 0 saturated heterocycles. The molecule has 0 saturated carbocycles. The highest BCUT2D eigenvalue weighted by Crippen LogP contribution is 2.24.